The summed E-state index contributed by atoms with van der Waals surface area (Å²) in [5.74, 6) is -0.428. The molecule has 1 aliphatic rings. The lowest BCUT2D eigenvalue weighted by molar-refractivity contribution is -0.301. The molecule has 4 N–H and O–H groups in total. The molecule has 1 saturated heterocycles. The summed E-state index contributed by atoms with van der Waals surface area (Å²) in [6.07, 6.45) is 49.7. The summed E-state index contributed by atoms with van der Waals surface area (Å²) >= 11 is 0. The number of aliphatic hydroxyl groups is 3. The third kappa shape index (κ3) is 38.5. The van der Waals surface area contributed by atoms with Crippen LogP contribution in [-0.2, 0) is 38.3 Å². The van der Waals surface area contributed by atoms with Crippen LogP contribution in [0.5, 0.6) is 0 Å². The van der Waals surface area contributed by atoms with Gasteiger partial charge in [0.1, 0.15) is 30.5 Å². The van der Waals surface area contributed by atoms with Crippen LogP contribution >= 0.6 is 0 Å². The van der Waals surface area contributed by atoms with Gasteiger partial charge in [0.25, 0.3) is 0 Å². The van der Waals surface area contributed by atoms with Gasteiger partial charge in [0.05, 0.1) is 19.8 Å². The molecule has 1 rings (SSSR count). The second kappa shape index (κ2) is 45.9. The quantitative estimate of drug-likeness (QED) is 0.0197. The Balaban J connectivity index is 2.35. The fourth-order valence-corrected chi connectivity index (χ4v) is 8.62. The van der Waals surface area contributed by atoms with Gasteiger partial charge in [0, 0.05) is 13.0 Å². The molecule has 396 valence electrons. The standard InChI is InChI=1S/C55H98O12S/c1-3-5-7-9-11-13-15-17-19-21-23-24-25-27-29-31-33-35-37-39-41-43-45-63-47-49(48-64-55-53(59)54(67-68(60,61)62)52(58)50(46-56)66-55)65-51(57)44-42-40-38-36-34-32-30-28-26-22-20-18-16-14-12-10-8-6-4-2/h6,8,12,14,18,20,26,28,32,34,49-50,52-56,58-59H,3-5,7,9-11,13,15-17,19,21-25,27,29-31,33,35-48H2,1-2H3,(H,60,61,62)/b8-6-,14-12-,20-18-,28-26-,34-32-. The van der Waals surface area contributed by atoms with E-state index in [1.807, 2.05) is 0 Å². The van der Waals surface area contributed by atoms with Crippen molar-refractivity contribution in [3.05, 3.63) is 60.8 Å². The highest BCUT2D eigenvalue weighted by Gasteiger charge is 2.48. The summed E-state index contributed by atoms with van der Waals surface area (Å²) < 4.78 is 59.3. The van der Waals surface area contributed by atoms with Crippen LogP contribution in [0.25, 0.3) is 0 Å². The summed E-state index contributed by atoms with van der Waals surface area (Å²) in [6, 6.07) is 0. The topological polar surface area (TPSA) is 178 Å². The van der Waals surface area contributed by atoms with Crippen LogP contribution in [0.2, 0.25) is 0 Å². The maximum Gasteiger partial charge on any atom is 0.397 e. The van der Waals surface area contributed by atoms with Crippen LogP contribution in [0.15, 0.2) is 60.8 Å². The Hall–Kier alpha value is -2.20. The number of hydrogen-bond acceptors (Lipinski definition) is 11. The molecule has 0 bridgehead atoms. The first-order valence-corrected chi connectivity index (χ1v) is 28.4. The third-order valence-corrected chi connectivity index (χ3v) is 12.6. The molecule has 0 aliphatic carbocycles. The van der Waals surface area contributed by atoms with Crippen LogP contribution in [0, 0.1) is 0 Å². The normalized spacial score (nSPS) is 19.8. The Morgan fingerprint density at radius 3 is 1.47 bits per heavy atom. The molecule has 6 unspecified atom stereocenters. The first-order valence-electron chi connectivity index (χ1n) is 27.0. The van der Waals surface area contributed by atoms with Crippen molar-refractivity contribution < 1.29 is 56.2 Å². The van der Waals surface area contributed by atoms with E-state index in [0.29, 0.717) is 13.0 Å². The minimum Gasteiger partial charge on any atom is -0.457 e. The second-order valence-electron chi connectivity index (χ2n) is 18.4. The number of aliphatic hydroxyl groups excluding tert-OH is 3. The van der Waals surface area contributed by atoms with Crippen molar-refractivity contribution in [2.75, 3.05) is 26.4 Å². The SMILES string of the molecule is CC/C=C\C/C=C\C/C=C\C/C=C\C/C=C\CCCCCC(=O)OC(COCCCCCCCCCCCCCCCCCCCCCCCC)COC1OC(CO)C(O)C(OS(=O)(=O)O)C1O. The van der Waals surface area contributed by atoms with E-state index in [2.05, 4.69) is 78.8 Å². The van der Waals surface area contributed by atoms with Crippen molar-refractivity contribution in [3.8, 4) is 0 Å². The molecule has 0 aromatic carbocycles. The van der Waals surface area contributed by atoms with E-state index in [1.54, 1.807) is 0 Å². The summed E-state index contributed by atoms with van der Waals surface area (Å²) in [5.41, 5.74) is 0. The molecule has 1 heterocycles. The molecule has 12 nitrogen and oxygen atoms in total. The molecular weight excluding hydrogens is 885 g/mol. The molecular formula is C55H98O12S. The Kier molecular flexibility index (Phi) is 43.1. The van der Waals surface area contributed by atoms with E-state index in [9.17, 15) is 33.1 Å². The zero-order valence-corrected chi connectivity index (χ0v) is 43.5. The number of allylic oxidation sites excluding steroid dienone is 10. The highest BCUT2D eigenvalue weighted by Crippen LogP contribution is 2.26. The molecule has 13 heteroatoms. The Bertz CT molecular complexity index is 1410. The average molecular weight is 983 g/mol. The zero-order chi connectivity index (χ0) is 49.6. The smallest absolute Gasteiger partial charge is 0.397 e. The van der Waals surface area contributed by atoms with Crippen LogP contribution in [-0.4, -0.2) is 97.5 Å². The second-order valence-corrected chi connectivity index (χ2v) is 19.5. The maximum atomic E-state index is 12.9. The number of rotatable bonds is 47. The molecule has 1 aliphatic heterocycles. The van der Waals surface area contributed by atoms with E-state index in [-0.39, 0.29) is 19.6 Å². The zero-order valence-electron chi connectivity index (χ0n) is 42.7. The molecule has 68 heavy (non-hydrogen) atoms. The third-order valence-electron chi connectivity index (χ3n) is 12.2. The van der Waals surface area contributed by atoms with Gasteiger partial charge in [-0.05, 0) is 57.8 Å². The van der Waals surface area contributed by atoms with Gasteiger partial charge in [-0.15, -0.1) is 0 Å². The number of hydrogen-bond donors (Lipinski definition) is 4. The molecule has 1 fully saturated rings. The number of esters is 1. The lowest BCUT2D eigenvalue weighted by Crippen LogP contribution is -2.60. The van der Waals surface area contributed by atoms with Crippen molar-refractivity contribution in [1.29, 1.82) is 0 Å². The molecule has 6 atom stereocenters. The highest BCUT2D eigenvalue weighted by molar-refractivity contribution is 7.80. The molecule has 0 aromatic rings. The van der Waals surface area contributed by atoms with Crippen molar-refractivity contribution >= 4 is 16.4 Å². The van der Waals surface area contributed by atoms with Crippen molar-refractivity contribution in [2.24, 2.45) is 0 Å². The van der Waals surface area contributed by atoms with Crippen LogP contribution in [0.4, 0.5) is 0 Å². The summed E-state index contributed by atoms with van der Waals surface area (Å²) in [6.45, 7) is 3.87. The molecule has 0 saturated carbocycles. The van der Waals surface area contributed by atoms with Gasteiger partial charge in [-0.3, -0.25) is 9.35 Å². The maximum absolute atomic E-state index is 12.9. The Morgan fingerprint density at radius 2 is 1.01 bits per heavy atom. The summed E-state index contributed by atoms with van der Waals surface area (Å²) in [7, 11) is -5.07. The van der Waals surface area contributed by atoms with E-state index in [4.69, 9.17) is 18.9 Å². The lowest BCUT2D eigenvalue weighted by Gasteiger charge is -2.41. The van der Waals surface area contributed by atoms with E-state index >= 15 is 0 Å². The fraction of sp³-hybridized carbons (Fsp3) is 0.800. The number of carbonyl (C=O) groups excluding carboxylic acids is 1. The van der Waals surface area contributed by atoms with Crippen molar-refractivity contribution in [1.82, 2.24) is 0 Å². The Labute approximate surface area is 414 Å². The molecule has 0 spiro atoms. The highest BCUT2D eigenvalue weighted by atomic mass is 32.3. The van der Waals surface area contributed by atoms with Crippen LogP contribution in [0.1, 0.15) is 219 Å². The van der Waals surface area contributed by atoms with E-state index < -0.39 is 59.8 Å². The van der Waals surface area contributed by atoms with Gasteiger partial charge in [-0.25, -0.2) is 4.18 Å². The average Bonchev–Trinajstić information content (AvgIpc) is 3.31. The van der Waals surface area contributed by atoms with Gasteiger partial charge in [0.2, 0.25) is 0 Å². The first-order chi connectivity index (χ1) is 33.1. The van der Waals surface area contributed by atoms with E-state index in [1.165, 1.54) is 122 Å². The van der Waals surface area contributed by atoms with E-state index in [0.717, 1.165) is 70.6 Å². The fourth-order valence-electron chi connectivity index (χ4n) is 8.11. The minimum absolute atomic E-state index is 0.0227. The van der Waals surface area contributed by atoms with Gasteiger partial charge >= 0.3 is 16.4 Å². The molecule has 0 amide bonds. The van der Waals surface area contributed by atoms with Gasteiger partial charge in [-0.2, -0.15) is 8.42 Å². The van der Waals surface area contributed by atoms with Crippen LogP contribution in [0.3, 0.4) is 0 Å². The lowest BCUT2D eigenvalue weighted by atomic mass is 9.99. The minimum atomic E-state index is -5.07. The Morgan fingerprint density at radius 1 is 0.574 bits per heavy atom. The number of unbranched alkanes of at least 4 members (excludes halogenated alkanes) is 24. The molecule has 0 aromatic heterocycles. The monoisotopic (exact) mass is 983 g/mol. The van der Waals surface area contributed by atoms with Gasteiger partial charge in [0.15, 0.2) is 6.29 Å². The van der Waals surface area contributed by atoms with Gasteiger partial charge < -0.3 is 34.3 Å². The molecule has 0 radical (unpaired) electrons. The first kappa shape index (κ1) is 63.8. The predicted octanol–water partition coefficient (Wildman–Crippen LogP) is 12.9. The summed E-state index contributed by atoms with van der Waals surface area (Å²) in [5, 5.41) is 30.8. The van der Waals surface area contributed by atoms with Crippen molar-refractivity contribution in [3.63, 3.8) is 0 Å². The number of carbonyl (C=O) groups is 1. The largest absolute Gasteiger partial charge is 0.457 e. The summed E-state index contributed by atoms with van der Waals surface area (Å²) in [4.78, 5) is 12.9. The van der Waals surface area contributed by atoms with Crippen molar-refractivity contribution in [2.45, 2.75) is 256 Å². The van der Waals surface area contributed by atoms with Gasteiger partial charge in [-0.1, -0.05) is 216 Å². The predicted molar refractivity (Wildman–Crippen MR) is 276 cm³/mol. The number of ether oxygens (including phenoxy) is 4. The van der Waals surface area contributed by atoms with Crippen LogP contribution < -0.4 is 0 Å².